The topological polar surface area (TPSA) is 68.8 Å². The van der Waals surface area contributed by atoms with Gasteiger partial charge in [0.15, 0.2) is 0 Å². The van der Waals surface area contributed by atoms with Crippen molar-refractivity contribution in [1.29, 1.82) is 0 Å². The number of carbonyl (C=O) groups is 2. The van der Waals surface area contributed by atoms with Gasteiger partial charge in [0.1, 0.15) is 17.2 Å². The van der Waals surface area contributed by atoms with E-state index in [-0.39, 0.29) is 29.5 Å². The number of aromatic nitrogens is 1. The zero-order chi connectivity index (χ0) is 25.1. The summed E-state index contributed by atoms with van der Waals surface area (Å²) in [5.74, 6) is 0.754. The van der Waals surface area contributed by atoms with Crippen LogP contribution in [0.4, 0.5) is 4.39 Å². The van der Waals surface area contributed by atoms with Crippen molar-refractivity contribution in [2.75, 3.05) is 19.6 Å². The number of nitrogens with zero attached hydrogens (tertiary/aromatic N) is 3. The zero-order valence-corrected chi connectivity index (χ0v) is 20.9. The Morgan fingerprint density at radius 3 is 2.62 bits per heavy atom. The standard InChI is InChI=1S/C30H31FN4O2/c31-25-16-22(21-6-8-26-23(15-21)9-13-32-26)5-7-24(25)27-33-30(11-1-2-12-30)29(37)35(27)18-19-10-14-34(17-19)28(36)20-3-4-20/h5-9,13,15-16,19-20,32H,1-4,10-12,14,17-18H2/t19-/m1/s1. The van der Waals surface area contributed by atoms with E-state index >= 15 is 4.39 Å². The predicted octanol–water partition coefficient (Wildman–Crippen LogP) is 5.13. The summed E-state index contributed by atoms with van der Waals surface area (Å²) in [5.41, 5.74) is 2.41. The highest BCUT2D eigenvalue weighted by Crippen LogP contribution is 2.41. The first-order chi connectivity index (χ1) is 18.0. The Bertz CT molecular complexity index is 1430. The van der Waals surface area contributed by atoms with Crippen molar-refractivity contribution < 1.29 is 14.0 Å². The molecular weight excluding hydrogens is 467 g/mol. The van der Waals surface area contributed by atoms with Gasteiger partial charge in [-0.3, -0.25) is 19.5 Å². The minimum Gasteiger partial charge on any atom is -0.361 e. The summed E-state index contributed by atoms with van der Waals surface area (Å²) in [4.78, 5) is 38.1. The van der Waals surface area contributed by atoms with Crippen LogP contribution in [0.2, 0.25) is 0 Å². The molecule has 3 heterocycles. The fourth-order valence-electron chi connectivity index (χ4n) is 6.46. The van der Waals surface area contributed by atoms with Crippen LogP contribution < -0.4 is 0 Å². The average molecular weight is 499 g/mol. The van der Waals surface area contributed by atoms with E-state index in [1.807, 2.05) is 41.4 Å². The predicted molar refractivity (Wildman–Crippen MR) is 141 cm³/mol. The van der Waals surface area contributed by atoms with Crippen molar-refractivity contribution in [2.24, 2.45) is 16.8 Å². The molecule has 0 bridgehead atoms. The summed E-state index contributed by atoms with van der Waals surface area (Å²) < 4.78 is 15.7. The fraction of sp³-hybridized carbons (Fsp3) is 0.433. The average Bonchev–Trinajstić information content (AvgIpc) is 3.25. The van der Waals surface area contributed by atoms with E-state index in [4.69, 9.17) is 4.99 Å². The summed E-state index contributed by atoms with van der Waals surface area (Å²) in [6.45, 7) is 1.90. The van der Waals surface area contributed by atoms with Crippen molar-refractivity contribution in [1.82, 2.24) is 14.8 Å². The molecule has 2 saturated carbocycles. The lowest BCUT2D eigenvalue weighted by Gasteiger charge is -2.25. The van der Waals surface area contributed by atoms with Crippen molar-refractivity contribution in [3.05, 3.63) is 60.0 Å². The molecule has 190 valence electrons. The van der Waals surface area contributed by atoms with E-state index in [9.17, 15) is 9.59 Å². The summed E-state index contributed by atoms with van der Waals surface area (Å²) in [6, 6.07) is 13.3. The Labute approximate surface area is 215 Å². The molecule has 1 saturated heterocycles. The molecule has 7 heteroatoms. The maximum absolute atomic E-state index is 15.7. The van der Waals surface area contributed by atoms with Gasteiger partial charge in [-0.2, -0.15) is 0 Å². The third-order valence-corrected chi connectivity index (χ3v) is 8.71. The van der Waals surface area contributed by atoms with Gasteiger partial charge >= 0.3 is 0 Å². The maximum atomic E-state index is 15.7. The molecule has 1 atom stereocenters. The Morgan fingerprint density at radius 1 is 1.05 bits per heavy atom. The second-order valence-electron chi connectivity index (χ2n) is 11.3. The van der Waals surface area contributed by atoms with Gasteiger partial charge in [0.2, 0.25) is 5.91 Å². The molecule has 1 aromatic heterocycles. The number of halogens is 1. The number of carbonyl (C=O) groups excluding carboxylic acids is 2. The van der Waals surface area contributed by atoms with Crippen molar-refractivity contribution in [3.8, 4) is 11.1 Å². The number of hydrogen-bond donors (Lipinski definition) is 1. The van der Waals surface area contributed by atoms with E-state index in [0.717, 1.165) is 73.5 Å². The lowest BCUT2D eigenvalue weighted by molar-refractivity contribution is -0.131. The molecule has 3 aromatic rings. The molecule has 37 heavy (non-hydrogen) atoms. The van der Waals surface area contributed by atoms with Crippen LogP contribution >= 0.6 is 0 Å². The number of likely N-dealkylation sites (tertiary alicyclic amines) is 1. The van der Waals surface area contributed by atoms with Crippen LogP contribution in [-0.4, -0.2) is 57.6 Å². The number of amidine groups is 1. The summed E-state index contributed by atoms with van der Waals surface area (Å²) >= 11 is 0. The Hall–Kier alpha value is -3.48. The minimum absolute atomic E-state index is 0.00774. The largest absolute Gasteiger partial charge is 0.361 e. The van der Waals surface area contributed by atoms with Gasteiger partial charge in [0.05, 0.1) is 5.56 Å². The molecule has 7 rings (SSSR count). The Kier molecular flexibility index (Phi) is 5.24. The normalized spacial score (nSPS) is 23.0. The number of hydrogen-bond acceptors (Lipinski definition) is 3. The van der Waals surface area contributed by atoms with Gasteiger partial charge in [0.25, 0.3) is 5.91 Å². The first kappa shape index (κ1) is 22.7. The number of fused-ring (bicyclic) bond motifs is 1. The highest BCUT2D eigenvalue weighted by Gasteiger charge is 2.51. The molecule has 0 unspecified atom stereocenters. The Balaban J connectivity index is 1.18. The van der Waals surface area contributed by atoms with E-state index in [1.165, 1.54) is 0 Å². The van der Waals surface area contributed by atoms with Gasteiger partial charge in [-0.25, -0.2) is 4.39 Å². The van der Waals surface area contributed by atoms with Crippen molar-refractivity contribution in [2.45, 2.75) is 50.5 Å². The van der Waals surface area contributed by atoms with E-state index in [1.54, 1.807) is 17.0 Å². The van der Waals surface area contributed by atoms with Gasteiger partial charge in [-0.1, -0.05) is 25.0 Å². The van der Waals surface area contributed by atoms with Gasteiger partial charge in [-0.15, -0.1) is 0 Å². The fourth-order valence-corrected chi connectivity index (χ4v) is 6.46. The van der Waals surface area contributed by atoms with Crippen LogP contribution in [-0.2, 0) is 9.59 Å². The number of H-pyrrole nitrogens is 1. The van der Waals surface area contributed by atoms with Gasteiger partial charge < -0.3 is 9.88 Å². The minimum atomic E-state index is -0.748. The van der Waals surface area contributed by atoms with Crippen LogP contribution in [0.5, 0.6) is 0 Å². The lowest BCUT2D eigenvalue weighted by Crippen LogP contribution is -2.44. The maximum Gasteiger partial charge on any atom is 0.256 e. The number of aromatic amines is 1. The molecular formula is C30H31FN4O2. The number of aliphatic imine (C=N–C) groups is 1. The van der Waals surface area contributed by atoms with E-state index in [0.29, 0.717) is 24.5 Å². The third-order valence-electron chi connectivity index (χ3n) is 8.71. The highest BCUT2D eigenvalue weighted by atomic mass is 19.1. The lowest BCUT2D eigenvalue weighted by atomic mass is 9.97. The SMILES string of the molecule is O=C(C1CC1)N1CC[C@@H](CN2C(=O)C3(CCCC3)N=C2c2ccc(-c3ccc4[nH]ccc4c3)cc2F)C1. The van der Waals surface area contributed by atoms with Crippen LogP contribution in [0.1, 0.15) is 50.5 Å². The number of nitrogens with one attached hydrogen (secondary N) is 1. The van der Waals surface area contributed by atoms with E-state index in [2.05, 4.69) is 4.98 Å². The molecule has 1 N–H and O–H groups in total. The molecule has 2 aliphatic heterocycles. The molecule has 4 aliphatic rings. The van der Waals surface area contributed by atoms with Crippen molar-refractivity contribution >= 4 is 28.6 Å². The summed E-state index contributed by atoms with van der Waals surface area (Å²) in [7, 11) is 0. The molecule has 1 spiro atoms. The van der Waals surface area contributed by atoms with E-state index < -0.39 is 5.54 Å². The second kappa shape index (κ2) is 8.54. The molecule has 0 radical (unpaired) electrons. The quantitative estimate of drug-likeness (QED) is 0.530. The Morgan fingerprint density at radius 2 is 1.84 bits per heavy atom. The van der Waals surface area contributed by atoms with Crippen LogP contribution in [0.25, 0.3) is 22.0 Å². The molecule has 6 nitrogen and oxygen atoms in total. The monoisotopic (exact) mass is 498 g/mol. The smallest absolute Gasteiger partial charge is 0.256 e. The second-order valence-corrected chi connectivity index (χ2v) is 11.3. The summed E-state index contributed by atoms with van der Waals surface area (Å²) in [5, 5.41) is 1.08. The first-order valence-corrected chi connectivity index (χ1v) is 13.6. The van der Waals surface area contributed by atoms with Crippen LogP contribution in [0.3, 0.4) is 0 Å². The number of amides is 2. The third kappa shape index (κ3) is 3.87. The number of rotatable bonds is 5. The van der Waals surface area contributed by atoms with Crippen LogP contribution in [0.15, 0.2) is 53.7 Å². The summed E-state index contributed by atoms with van der Waals surface area (Å²) in [6.07, 6.45) is 8.13. The van der Waals surface area contributed by atoms with Crippen LogP contribution in [0, 0.1) is 17.7 Å². The van der Waals surface area contributed by atoms with Gasteiger partial charge in [-0.05, 0) is 84.9 Å². The molecule has 2 amide bonds. The zero-order valence-electron chi connectivity index (χ0n) is 20.9. The molecule has 2 aliphatic carbocycles. The van der Waals surface area contributed by atoms with Gasteiger partial charge in [0, 0.05) is 37.3 Å². The molecule has 2 aromatic carbocycles. The highest BCUT2D eigenvalue weighted by molar-refractivity contribution is 6.15. The molecule has 3 fully saturated rings. The number of benzene rings is 2. The van der Waals surface area contributed by atoms with Crippen molar-refractivity contribution in [3.63, 3.8) is 0 Å². The first-order valence-electron chi connectivity index (χ1n) is 13.6.